The van der Waals surface area contributed by atoms with Gasteiger partial charge in [0.05, 0.1) is 11.3 Å². The smallest absolute Gasteiger partial charge is 0.276 e. The number of carbonyl (C=O) groups excluding carboxylic acids is 2. The van der Waals surface area contributed by atoms with Gasteiger partial charge in [-0.1, -0.05) is 23.8 Å². The Balaban J connectivity index is 1.81. The van der Waals surface area contributed by atoms with E-state index in [-0.39, 0.29) is 17.9 Å². The predicted octanol–water partition coefficient (Wildman–Crippen LogP) is 3.14. The summed E-state index contributed by atoms with van der Waals surface area (Å²) in [6.07, 6.45) is 1.87. The fourth-order valence-electron chi connectivity index (χ4n) is 4.20. The maximum Gasteiger partial charge on any atom is 0.276 e. The number of hydrogen-bond donors (Lipinski definition) is 2. The minimum Gasteiger partial charge on any atom is -0.350 e. The zero-order valence-corrected chi connectivity index (χ0v) is 14.2. The average molecular weight is 333 g/mol. The second-order valence-electron chi connectivity index (χ2n) is 7.25. The lowest BCUT2D eigenvalue weighted by Gasteiger charge is -2.45. The van der Waals surface area contributed by atoms with E-state index in [2.05, 4.69) is 16.7 Å². The Hall–Kier alpha value is -2.82. The van der Waals surface area contributed by atoms with Gasteiger partial charge in [-0.25, -0.2) is 0 Å². The van der Waals surface area contributed by atoms with Crippen molar-refractivity contribution in [2.75, 3.05) is 10.6 Å². The molecular formula is C20H19N3O2. The maximum absolute atomic E-state index is 13.3. The summed E-state index contributed by atoms with van der Waals surface area (Å²) in [4.78, 5) is 28.3. The monoisotopic (exact) mass is 333 g/mol. The van der Waals surface area contributed by atoms with Gasteiger partial charge in [-0.15, -0.1) is 0 Å². The number of nitrogens with one attached hydrogen (secondary N) is 2. The molecule has 1 spiro atoms. The third-order valence-corrected chi connectivity index (χ3v) is 5.40. The highest BCUT2D eigenvalue weighted by atomic mass is 16.2. The first-order chi connectivity index (χ1) is 12.0. The van der Waals surface area contributed by atoms with Crippen molar-refractivity contribution in [3.8, 4) is 0 Å². The third kappa shape index (κ3) is 1.78. The number of anilines is 2. The Morgan fingerprint density at radius 1 is 1.12 bits per heavy atom. The van der Waals surface area contributed by atoms with E-state index in [1.807, 2.05) is 44.2 Å². The summed E-state index contributed by atoms with van der Waals surface area (Å²) in [5.74, 6) is -0.245. The topological polar surface area (TPSA) is 61.4 Å². The Kier molecular flexibility index (Phi) is 2.69. The zero-order valence-electron chi connectivity index (χ0n) is 14.2. The van der Waals surface area contributed by atoms with Gasteiger partial charge in [0.2, 0.25) is 5.66 Å². The molecule has 2 aromatic rings. The van der Waals surface area contributed by atoms with Crippen molar-refractivity contribution >= 4 is 23.2 Å². The molecule has 3 aliphatic rings. The lowest BCUT2D eigenvalue weighted by molar-refractivity contribution is -0.125. The molecule has 25 heavy (non-hydrogen) atoms. The molecule has 2 aromatic carbocycles. The Morgan fingerprint density at radius 2 is 1.88 bits per heavy atom. The van der Waals surface area contributed by atoms with Crippen LogP contribution >= 0.6 is 0 Å². The number of para-hydroxylation sites is 1. The molecule has 5 rings (SSSR count). The second kappa shape index (κ2) is 4.63. The molecule has 1 saturated carbocycles. The van der Waals surface area contributed by atoms with E-state index in [1.54, 1.807) is 4.90 Å². The van der Waals surface area contributed by atoms with Crippen LogP contribution in [0.25, 0.3) is 0 Å². The summed E-state index contributed by atoms with van der Waals surface area (Å²) in [5, 5.41) is 6.45. The number of aryl methyl sites for hydroxylation is 2. The highest BCUT2D eigenvalue weighted by Gasteiger charge is 2.60. The molecule has 1 atom stereocenters. The average Bonchev–Trinajstić information content (AvgIpc) is 3.37. The quantitative estimate of drug-likeness (QED) is 0.843. The minimum atomic E-state index is -1.15. The van der Waals surface area contributed by atoms with E-state index in [0.717, 1.165) is 35.2 Å². The van der Waals surface area contributed by atoms with Crippen molar-refractivity contribution in [1.29, 1.82) is 0 Å². The van der Waals surface area contributed by atoms with Crippen molar-refractivity contribution in [3.63, 3.8) is 0 Å². The van der Waals surface area contributed by atoms with Crippen LogP contribution in [0.15, 0.2) is 36.4 Å². The molecule has 1 aliphatic carbocycles. The van der Waals surface area contributed by atoms with Crippen LogP contribution in [-0.4, -0.2) is 22.8 Å². The molecule has 0 saturated heterocycles. The van der Waals surface area contributed by atoms with Crippen LogP contribution in [0.4, 0.5) is 11.4 Å². The normalized spacial score (nSPS) is 24.0. The highest BCUT2D eigenvalue weighted by molar-refractivity contribution is 6.14. The van der Waals surface area contributed by atoms with E-state index in [4.69, 9.17) is 0 Å². The van der Waals surface area contributed by atoms with Gasteiger partial charge in [-0.3, -0.25) is 9.59 Å². The molecule has 2 amide bonds. The Labute approximate surface area is 146 Å². The zero-order chi connectivity index (χ0) is 17.3. The summed E-state index contributed by atoms with van der Waals surface area (Å²) in [6.45, 7) is 4.01. The minimum absolute atomic E-state index is 0.0704. The molecule has 126 valence electrons. The number of rotatable bonds is 1. The van der Waals surface area contributed by atoms with Crippen LogP contribution in [-0.2, 0) is 10.5 Å². The molecular weight excluding hydrogens is 314 g/mol. The summed E-state index contributed by atoms with van der Waals surface area (Å²) in [5.41, 5.74) is 3.96. The van der Waals surface area contributed by atoms with E-state index in [0.29, 0.717) is 11.3 Å². The molecule has 1 fully saturated rings. The fraction of sp³-hybridized carbons (Fsp3) is 0.300. The summed E-state index contributed by atoms with van der Waals surface area (Å²) in [7, 11) is 0. The van der Waals surface area contributed by atoms with Gasteiger partial charge in [-0.05, 0) is 50.5 Å². The van der Waals surface area contributed by atoms with Gasteiger partial charge in [0.15, 0.2) is 0 Å². The van der Waals surface area contributed by atoms with Gasteiger partial charge in [0.25, 0.3) is 11.8 Å². The van der Waals surface area contributed by atoms with Gasteiger partial charge in [-0.2, -0.15) is 0 Å². The summed E-state index contributed by atoms with van der Waals surface area (Å²) >= 11 is 0. The summed E-state index contributed by atoms with van der Waals surface area (Å²) < 4.78 is 0. The van der Waals surface area contributed by atoms with Gasteiger partial charge in [0, 0.05) is 17.3 Å². The van der Waals surface area contributed by atoms with Crippen molar-refractivity contribution in [3.05, 3.63) is 58.7 Å². The third-order valence-electron chi connectivity index (χ3n) is 5.40. The molecule has 5 heteroatoms. The first kappa shape index (κ1) is 14.5. The molecule has 5 nitrogen and oxygen atoms in total. The lowest BCUT2D eigenvalue weighted by atomic mass is 9.90. The molecule has 2 N–H and O–H groups in total. The van der Waals surface area contributed by atoms with Gasteiger partial charge in [0.1, 0.15) is 0 Å². The van der Waals surface area contributed by atoms with E-state index in [1.165, 1.54) is 0 Å². The molecule has 2 heterocycles. The number of benzene rings is 2. The second-order valence-corrected chi connectivity index (χ2v) is 7.25. The number of carbonyl (C=O) groups is 2. The number of fused-ring (bicyclic) bond motifs is 3. The van der Waals surface area contributed by atoms with Crippen LogP contribution < -0.4 is 10.6 Å². The molecule has 1 unspecified atom stereocenters. The van der Waals surface area contributed by atoms with Crippen LogP contribution in [0.5, 0.6) is 0 Å². The SMILES string of the molecule is Cc1cc(C)c2c(c1)C1(Nc3ccccc3C(=O)N1C1CC1)C(=O)N2. The molecule has 2 aliphatic heterocycles. The standard InChI is InChI=1S/C20H19N3O2/c1-11-9-12(2)17-15(10-11)20(19(25)21-17)22-16-6-4-3-5-14(16)18(24)23(20)13-7-8-13/h3-6,9-10,13,22H,7-8H2,1-2H3,(H,21,25). The molecule has 0 bridgehead atoms. The first-order valence-corrected chi connectivity index (χ1v) is 8.66. The van der Waals surface area contributed by atoms with Crippen molar-refractivity contribution < 1.29 is 9.59 Å². The van der Waals surface area contributed by atoms with Crippen LogP contribution in [0.3, 0.4) is 0 Å². The van der Waals surface area contributed by atoms with E-state index >= 15 is 0 Å². The summed E-state index contributed by atoms with van der Waals surface area (Å²) in [6, 6.07) is 11.6. The molecule has 0 radical (unpaired) electrons. The predicted molar refractivity (Wildman–Crippen MR) is 95.5 cm³/mol. The first-order valence-electron chi connectivity index (χ1n) is 8.66. The van der Waals surface area contributed by atoms with Gasteiger partial charge >= 0.3 is 0 Å². The van der Waals surface area contributed by atoms with Gasteiger partial charge < -0.3 is 15.5 Å². The van der Waals surface area contributed by atoms with Crippen LogP contribution in [0.1, 0.15) is 39.9 Å². The van der Waals surface area contributed by atoms with E-state index < -0.39 is 5.66 Å². The maximum atomic E-state index is 13.3. The van der Waals surface area contributed by atoms with E-state index in [9.17, 15) is 9.59 Å². The number of nitrogens with zero attached hydrogens (tertiary/aromatic N) is 1. The Morgan fingerprint density at radius 3 is 2.64 bits per heavy atom. The molecule has 0 aromatic heterocycles. The number of amides is 2. The largest absolute Gasteiger partial charge is 0.350 e. The van der Waals surface area contributed by atoms with Crippen molar-refractivity contribution in [2.45, 2.75) is 38.4 Å². The lowest BCUT2D eigenvalue weighted by Crippen LogP contribution is -2.62. The fourth-order valence-corrected chi connectivity index (χ4v) is 4.20. The van der Waals surface area contributed by atoms with Crippen molar-refractivity contribution in [1.82, 2.24) is 4.90 Å². The highest BCUT2D eigenvalue weighted by Crippen LogP contribution is 2.50. The Bertz CT molecular complexity index is 948. The van der Waals surface area contributed by atoms with Crippen LogP contribution in [0, 0.1) is 13.8 Å². The van der Waals surface area contributed by atoms with Crippen molar-refractivity contribution in [2.24, 2.45) is 0 Å². The van der Waals surface area contributed by atoms with Crippen LogP contribution in [0.2, 0.25) is 0 Å². The number of hydrogen-bond acceptors (Lipinski definition) is 3.